The molecule has 2 heterocycles. The molecule has 1 saturated heterocycles. The molecule has 9 heteroatoms. The second kappa shape index (κ2) is 8.09. The lowest BCUT2D eigenvalue weighted by molar-refractivity contribution is -0.178. The second-order valence-electron chi connectivity index (χ2n) is 10.1. The van der Waals surface area contributed by atoms with Crippen molar-refractivity contribution in [3.05, 3.63) is 53.7 Å². The lowest BCUT2D eigenvalue weighted by Gasteiger charge is -2.61. The standard InChI is InChI=1S/C25H29F2N3O3S/c1-3-34(32,33)29-22-21(30(15-25(22,26)27)23(31)24-12-18(13-24)14-24)11-17-7-5-8-19(10-17)20-9-4-6-16(2)28-20/h4-10,18,21-22,29H,3,11-15H2,1-2H3/t18?,21-,22+,24?/m0/s1. The Morgan fingerprint density at radius 1 is 1.18 bits per heavy atom. The minimum Gasteiger partial charge on any atom is -0.331 e. The third kappa shape index (κ3) is 4.02. The Bertz CT molecular complexity index is 1220. The van der Waals surface area contributed by atoms with Gasteiger partial charge in [-0.1, -0.05) is 24.3 Å². The molecule has 1 aromatic heterocycles. The zero-order chi connectivity index (χ0) is 24.3. The molecule has 6 nitrogen and oxygen atoms in total. The summed E-state index contributed by atoms with van der Waals surface area (Å²) in [4.78, 5) is 19.2. The van der Waals surface area contributed by atoms with Crippen LogP contribution in [0.25, 0.3) is 11.3 Å². The van der Waals surface area contributed by atoms with E-state index in [-0.39, 0.29) is 18.1 Å². The third-order valence-electron chi connectivity index (χ3n) is 7.62. The van der Waals surface area contributed by atoms with Crippen LogP contribution in [0.3, 0.4) is 0 Å². The SMILES string of the molecule is CCS(=O)(=O)N[C@@H]1[C@H](Cc2cccc(-c3cccc(C)n3)c2)N(C(=O)C23CC(C2)C3)CC1(F)F. The molecule has 1 amide bonds. The van der Waals surface area contributed by atoms with Gasteiger partial charge >= 0.3 is 0 Å². The first-order valence-electron chi connectivity index (χ1n) is 11.7. The topological polar surface area (TPSA) is 79.4 Å². The number of aryl methyl sites for hydroxylation is 1. The van der Waals surface area contributed by atoms with Crippen LogP contribution < -0.4 is 4.72 Å². The van der Waals surface area contributed by atoms with Gasteiger partial charge in [-0.05, 0) is 69.2 Å². The first-order valence-corrected chi connectivity index (χ1v) is 13.4. The second-order valence-corrected chi connectivity index (χ2v) is 12.1. The van der Waals surface area contributed by atoms with Gasteiger partial charge in [-0.25, -0.2) is 21.9 Å². The smallest absolute Gasteiger partial charge is 0.283 e. The normalized spacial score (nSPS) is 29.4. The van der Waals surface area contributed by atoms with Crippen molar-refractivity contribution in [2.24, 2.45) is 11.3 Å². The Morgan fingerprint density at radius 3 is 2.50 bits per heavy atom. The van der Waals surface area contributed by atoms with Gasteiger partial charge in [-0.15, -0.1) is 0 Å². The molecule has 2 bridgehead atoms. The third-order valence-corrected chi connectivity index (χ3v) is 8.99. The average Bonchev–Trinajstić information content (AvgIpc) is 2.96. The number of rotatable bonds is 7. The van der Waals surface area contributed by atoms with Crippen LogP contribution in [0.4, 0.5) is 8.78 Å². The highest BCUT2D eigenvalue weighted by atomic mass is 32.2. The van der Waals surface area contributed by atoms with Crippen LogP contribution in [0.2, 0.25) is 0 Å². The number of alkyl halides is 2. The number of carbonyl (C=O) groups excluding carboxylic acids is 1. The zero-order valence-corrected chi connectivity index (χ0v) is 20.1. The molecule has 1 N–H and O–H groups in total. The molecule has 0 radical (unpaired) electrons. The highest BCUT2D eigenvalue weighted by molar-refractivity contribution is 7.89. The van der Waals surface area contributed by atoms with E-state index in [9.17, 15) is 13.2 Å². The maximum atomic E-state index is 15.2. The van der Waals surface area contributed by atoms with E-state index in [0.29, 0.717) is 5.92 Å². The van der Waals surface area contributed by atoms with Crippen LogP contribution in [-0.4, -0.2) is 54.5 Å². The minimum absolute atomic E-state index is 0.122. The van der Waals surface area contributed by atoms with E-state index in [2.05, 4.69) is 9.71 Å². The molecule has 6 rings (SSSR count). The number of sulfonamides is 1. The van der Waals surface area contributed by atoms with Gasteiger partial charge in [-0.3, -0.25) is 9.78 Å². The maximum Gasteiger partial charge on any atom is 0.283 e. The summed E-state index contributed by atoms with van der Waals surface area (Å²) < 4.78 is 57.3. The van der Waals surface area contributed by atoms with E-state index < -0.39 is 40.0 Å². The van der Waals surface area contributed by atoms with Gasteiger partial charge in [-0.2, -0.15) is 0 Å². The van der Waals surface area contributed by atoms with Crippen molar-refractivity contribution in [1.82, 2.24) is 14.6 Å². The molecule has 1 aliphatic heterocycles. The van der Waals surface area contributed by atoms with Crippen LogP contribution in [0, 0.1) is 18.3 Å². The number of benzene rings is 1. The van der Waals surface area contributed by atoms with Crippen molar-refractivity contribution < 1.29 is 22.0 Å². The van der Waals surface area contributed by atoms with E-state index in [1.54, 1.807) is 0 Å². The first-order chi connectivity index (χ1) is 16.0. The number of hydrogen-bond acceptors (Lipinski definition) is 4. The molecule has 3 saturated carbocycles. The van der Waals surface area contributed by atoms with Crippen LogP contribution in [-0.2, 0) is 21.2 Å². The predicted molar refractivity (Wildman–Crippen MR) is 125 cm³/mol. The van der Waals surface area contributed by atoms with Crippen molar-refractivity contribution in [3.63, 3.8) is 0 Å². The monoisotopic (exact) mass is 489 g/mol. The molecule has 182 valence electrons. The Balaban J connectivity index is 1.48. The predicted octanol–water partition coefficient (Wildman–Crippen LogP) is 3.55. The van der Waals surface area contributed by atoms with Crippen LogP contribution in [0.5, 0.6) is 0 Å². The lowest BCUT2D eigenvalue weighted by atomic mass is 9.44. The Morgan fingerprint density at radius 2 is 1.88 bits per heavy atom. The van der Waals surface area contributed by atoms with Gasteiger partial charge in [0.15, 0.2) is 0 Å². The number of halogens is 2. The molecule has 0 unspecified atom stereocenters. The Hall–Kier alpha value is -2.39. The van der Waals surface area contributed by atoms with E-state index >= 15 is 8.78 Å². The highest BCUT2D eigenvalue weighted by Crippen LogP contribution is 2.65. The molecule has 0 spiro atoms. The molecule has 4 aliphatic rings. The number of nitrogens with zero attached hydrogens (tertiary/aromatic N) is 2. The van der Waals surface area contributed by atoms with Gasteiger partial charge in [0.05, 0.1) is 29.4 Å². The van der Waals surface area contributed by atoms with Crippen LogP contribution >= 0.6 is 0 Å². The fourth-order valence-electron chi connectivity index (χ4n) is 5.64. The fourth-order valence-corrected chi connectivity index (χ4v) is 6.53. The average molecular weight is 490 g/mol. The number of hydrogen-bond donors (Lipinski definition) is 1. The van der Waals surface area contributed by atoms with Gasteiger partial charge < -0.3 is 4.90 Å². The van der Waals surface area contributed by atoms with Gasteiger partial charge in [0.2, 0.25) is 15.9 Å². The summed E-state index contributed by atoms with van der Waals surface area (Å²) in [7, 11) is -3.90. The largest absolute Gasteiger partial charge is 0.331 e. The Kier molecular flexibility index (Phi) is 5.55. The van der Waals surface area contributed by atoms with Gasteiger partial charge in [0.25, 0.3) is 5.92 Å². The van der Waals surface area contributed by atoms with Crippen molar-refractivity contribution >= 4 is 15.9 Å². The summed E-state index contributed by atoms with van der Waals surface area (Å²) in [5.41, 5.74) is 2.70. The van der Waals surface area contributed by atoms with E-state index in [1.165, 1.54) is 11.8 Å². The zero-order valence-electron chi connectivity index (χ0n) is 19.3. The number of aromatic nitrogens is 1. The summed E-state index contributed by atoms with van der Waals surface area (Å²) in [6.07, 6.45) is 2.37. The minimum atomic E-state index is -3.90. The molecule has 3 aliphatic carbocycles. The van der Waals surface area contributed by atoms with Gasteiger partial charge in [0.1, 0.15) is 6.04 Å². The highest BCUT2D eigenvalue weighted by Gasteiger charge is 2.66. The maximum absolute atomic E-state index is 15.2. The fraction of sp³-hybridized carbons (Fsp3) is 0.520. The quantitative estimate of drug-likeness (QED) is 0.645. The van der Waals surface area contributed by atoms with Crippen molar-refractivity contribution in [3.8, 4) is 11.3 Å². The molecular formula is C25H29F2N3O3S. The summed E-state index contributed by atoms with van der Waals surface area (Å²) >= 11 is 0. The lowest BCUT2D eigenvalue weighted by Crippen LogP contribution is -2.62. The molecule has 2 aromatic rings. The number of amides is 1. The number of nitrogens with one attached hydrogen (secondary N) is 1. The molecule has 34 heavy (non-hydrogen) atoms. The van der Waals surface area contributed by atoms with E-state index in [4.69, 9.17) is 0 Å². The van der Waals surface area contributed by atoms with Crippen molar-refractivity contribution in [2.45, 2.75) is 57.5 Å². The van der Waals surface area contributed by atoms with Crippen LogP contribution in [0.15, 0.2) is 42.5 Å². The number of likely N-dealkylation sites (tertiary alicyclic amines) is 1. The van der Waals surface area contributed by atoms with E-state index in [1.807, 2.05) is 49.4 Å². The Labute approximate surface area is 198 Å². The molecule has 4 fully saturated rings. The summed E-state index contributed by atoms with van der Waals surface area (Å²) in [6, 6.07) is 10.5. The van der Waals surface area contributed by atoms with Crippen molar-refractivity contribution in [2.75, 3.05) is 12.3 Å². The number of carbonyl (C=O) groups is 1. The summed E-state index contributed by atoms with van der Waals surface area (Å²) in [5.74, 6) is -3.39. The molecular weight excluding hydrogens is 460 g/mol. The van der Waals surface area contributed by atoms with Gasteiger partial charge in [0, 0.05) is 11.3 Å². The molecule has 1 aromatic carbocycles. The summed E-state index contributed by atoms with van der Waals surface area (Å²) in [5, 5.41) is 0. The molecule has 2 atom stereocenters. The van der Waals surface area contributed by atoms with Crippen LogP contribution in [0.1, 0.15) is 37.4 Å². The summed E-state index contributed by atoms with van der Waals surface area (Å²) in [6.45, 7) is 2.54. The van der Waals surface area contributed by atoms with Crippen molar-refractivity contribution in [1.29, 1.82) is 0 Å². The first kappa shape index (κ1) is 23.4. The van der Waals surface area contributed by atoms with E-state index in [0.717, 1.165) is 41.8 Å². The number of pyridine rings is 1.